The second-order valence-electron chi connectivity index (χ2n) is 3.54. The predicted molar refractivity (Wildman–Crippen MR) is 76.1 cm³/mol. The van der Waals surface area contributed by atoms with Crippen molar-refractivity contribution in [2.24, 2.45) is 5.10 Å². The van der Waals surface area contributed by atoms with Crippen molar-refractivity contribution in [3.63, 3.8) is 0 Å². The molecule has 0 amide bonds. The Labute approximate surface area is 128 Å². The summed E-state index contributed by atoms with van der Waals surface area (Å²) in [4.78, 5) is 0. The fourth-order valence-corrected chi connectivity index (χ4v) is 1.62. The molecule has 0 atom stereocenters. The van der Waals surface area contributed by atoms with Gasteiger partial charge in [-0.25, -0.2) is 12.0 Å². The van der Waals surface area contributed by atoms with Gasteiger partial charge in [-0.1, -0.05) is 39.8 Å². The molecule has 0 aliphatic heterocycles. The molecule has 0 unspecified atom stereocenters. The fourth-order valence-electron chi connectivity index (χ4n) is 1.35. The summed E-state index contributed by atoms with van der Waals surface area (Å²) in [6.45, 7) is 3.92. The van der Waals surface area contributed by atoms with Crippen molar-refractivity contribution in [2.45, 2.75) is 0 Å². The van der Waals surface area contributed by atoms with E-state index in [4.69, 9.17) is 0 Å². The number of hydrazone groups is 1. The largest absolute Gasteiger partial charge is 1.00 e. The van der Waals surface area contributed by atoms with Gasteiger partial charge in [0.25, 0.3) is 0 Å². The summed E-state index contributed by atoms with van der Waals surface area (Å²) in [5.41, 5.74) is 5.64. The molecule has 2 rings (SSSR count). The average molecular weight is 295 g/mol. The van der Waals surface area contributed by atoms with Crippen molar-refractivity contribution >= 4 is 27.3 Å². The Hall–Kier alpha value is -1.14. The number of nitrogens with zero attached hydrogens (tertiary/aromatic N) is 1. The minimum atomic E-state index is 0. The Balaban J connectivity index is 0.00000162. The molecule has 0 saturated carbocycles. The van der Waals surface area contributed by atoms with Crippen molar-refractivity contribution in [3.05, 3.63) is 71.6 Å². The molecular weight excluding hydrogens is 283 g/mol. The molecule has 0 fully saturated rings. The van der Waals surface area contributed by atoms with Gasteiger partial charge in [-0.2, -0.15) is 0 Å². The number of hydrogen-bond donors (Lipinski definition) is 1. The molecule has 86 valence electrons. The third-order valence-corrected chi connectivity index (χ3v) is 2.80. The van der Waals surface area contributed by atoms with Crippen LogP contribution in [0.2, 0.25) is 0 Å². The second kappa shape index (κ2) is 7.33. The van der Waals surface area contributed by atoms with E-state index in [1.54, 1.807) is 0 Å². The van der Waals surface area contributed by atoms with Crippen LogP contribution in [0.1, 0.15) is 5.56 Å². The van der Waals surface area contributed by atoms with Crippen LogP contribution in [0.25, 0.3) is 0 Å². The van der Waals surface area contributed by atoms with Crippen LogP contribution in [-0.2, 0) is 0 Å². The van der Waals surface area contributed by atoms with Crippen molar-refractivity contribution < 1.29 is 18.9 Å². The van der Waals surface area contributed by atoms with Crippen LogP contribution in [0.5, 0.6) is 0 Å². The number of benzene rings is 2. The molecule has 0 heterocycles. The molecular formula is C14H12BrLiN2. The fraction of sp³-hybridized carbons (Fsp3) is 0. The Morgan fingerprint density at radius 3 is 2.22 bits per heavy atom. The van der Waals surface area contributed by atoms with E-state index in [-0.39, 0.29) is 18.9 Å². The first-order valence-corrected chi connectivity index (χ1v) is 6.01. The van der Waals surface area contributed by atoms with E-state index in [1.165, 1.54) is 0 Å². The molecule has 4 heteroatoms. The summed E-state index contributed by atoms with van der Waals surface area (Å²) in [5, 5.41) is 4.23. The summed E-state index contributed by atoms with van der Waals surface area (Å²) in [6.07, 6.45) is 0. The molecule has 2 aromatic carbocycles. The molecule has 2 aromatic rings. The minimum Gasteiger partial charge on any atom is -0.281 e. The summed E-state index contributed by atoms with van der Waals surface area (Å²) < 4.78 is 1.05. The van der Waals surface area contributed by atoms with Gasteiger partial charge in [-0.05, 0) is 24.3 Å². The smallest absolute Gasteiger partial charge is 0.281 e. The number of anilines is 1. The monoisotopic (exact) mass is 294 g/mol. The van der Waals surface area contributed by atoms with Crippen LogP contribution in [0.3, 0.4) is 0 Å². The SMILES string of the molecule is [CH2-]/C(=N\Nc1ccc(Br)cc1)c1ccccc1.[Li+]. The zero-order valence-electron chi connectivity index (χ0n) is 10.2. The van der Waals surface area contributed by atoms with Crippen LogP contribution < -0.4 is 24.3 Å². The summed E-state index contributed by atoms with van der Waals surface area (Å²) in [7, 11) is 0. The maximum Gasteiger partial charge on any atom is 1.00 e. The van der Waals surface area contributed by atoms with Crippen molar-refractivity contribution in [1.29, 1.82) is 0 Å². The molecule has 2 nitrogen and oxygen atoms in total. The summed E-state index contributed by atoms with van der Waals surface area (Å²) >= 11 is 3.39. The molecule has 0 radical (unpaired) electrons. The van der Waals surface area contributed by atoms with Gasteiger partial charge in [-0.15, -0.1) is 17.7 Å². The van der Waals surface area contributed by atoms with E-state index in [2.05, 4.69) is 33.4 Å². The van der Waals surface area contributed by atoms with E-state index in [9.17, 15) is 0 Å². The summed E-state index contributed by atoms with van der Waals surface area (Å²) in [6, 6.07) is 17.7. The van der Waals surface area contributed by atoms with Crippen molar-refractivity contribution in [2.75, 3.05) is 5.43 Å². The van der Waals surface area contributed by atoms with Crippen LogP contribution in [0.15, 0.2) is 64.2 Å². The zero-order chi connectivity index (χ0) is 12.1. The Bertz CT molecular complexity index is 509. The topological polar surface area (TPSA) is 24.4 Å². The van der Waals surface area contributed by atoms with E-state index >= 15 is 0 Å². The maximum atomic E-state index is 4.23. The standard InChI is InChI=1S/C14H12BrN2.Li/c1-11(12-5-3-2-4-6-12)16-17-14-9-7-13(15)8-10-14;/h2-10,17H,1H2;/q-1;+1/b16-11+;. The Kier molecular flexibility index (Phi) is 6.07. The van der Waals surface area contributed by atoms with Crippen molar-refractivity contribution in [3.8, 4) is 0 Å². The number of halogens is 1. The third-order valence-electron chi connectivity index (χ3n) is 2.27. The van der Waals surface area contributed by atoms with Crippen molar-refractivity contribution in [1.82, 2.24) is 0 Å². The normalized spacial score (nSPS) is 10.6. The first-order chi connectivity index (χ1) is 8.25. The van der Waals surface area contributed by atoms with Crippen LogP contribution in [0.4, 0.5) is 5.69 Å². The number of nitrogens with one attached hydrogen (secondary N) is 1. The molecule has 0 bridgehead atoms. The summed E-state index contributed by atoms with van der Waals surface area (Å²) in [5.74, 6) is 0. The third kappa shape index (κ3) is 4.27. The van der Waals surface area contributed by atoms with Gasteiger partial charge in [0.1, 0.15) is 0 Å². The van der Waals surface area contributed by atoms with E-state index in [1.807, 2.05) is 54.6 Å². The van der Waals surface area contributed by atoms with Gasteiger partial charge in [0.2, 0.25) is 0 Å². The average Bonchev–Trinajstić information content (AvgIpc) is 2.39. The van der Waals surface area contributed by atoms with Crippen LogP contribution in [-0.4, -0.2) is 5.71 Å². The van der Waals surface area contributed by atoms with Crippen LogP contribution in [0, 0.1) is 6.92 Å². The molecule has 0 spiro atoms. The maximum absolute atomic E-state index is 4.23. The molecule has 0 aliphatic rings. The molecule has 1 N–H and O–H groups in total. The van der Waals surface area contributed by atoms with Gasteiger partial charge >= 0.3 is 18.9 Å². The predicted octanol–water partition coefficient (Wildman–Crippen LogP) is 1.10. The molecule has 0 aromatic heterocycles. The minimum absolute atomic E-state index is 0. The van der Waals surface area contributed by atoms with Gasteiger partial charge in [-0.3, -0.25) is 5.43 Å². The Morgan fingerprint density at radius 1 is 1.00 bits per heavy atom. The van der Waals surface area contributed by atoms with Gasteiger partial charge < -0.3 is 0 Å². The molecule has 0 saturated heterocycles. The van der Waals surface area contributed by atoms with E-state index in [0.717, 1.165) is 15.7 Å². The second-order valence-corrected chi connectivity index (χ2v) is 4.46. The van der Waals surface area contributed by atoms with Gasteiger partial charge in [0.05, 0.1) is 5.69 Å². The first kappa shape index (κ1) is 14.9. The quantitative estimate of drug-likeness (QED) is 0.390. The number of rotatable bonds is 3. The Morgan fingerprint density at radius 2 is 1.61 bits per heavy atom. The number of hydrogen-bond acceptors (Lipinski definition) is 2. The zero-order valence-corrected chi connectivity index (χ0v) is 11.8. The first-order valence-electron chi connectivity index (χ1n) is 5.22. The van der Waals surface area contributed by atoms with E-state index < -0.39 is 0 Å². The van der Waals surface area contributed by atoms with E-state index in [0.29, 0.717) is 5.71 Å². The molecule has 18 heavy (non-hydrogen) atoms. The van der Waals surface area contributed by atoms with Crippen LogP contribution >= 0.6 is 15.9 Å². The van der Waals surface area contributed by atoms with Gasteiger partial charge in [0.15, 0.2) is 0 Å². The van der Waals surface area contributed by atoms with Gasteiger partial charge in [0, 0.05) is 4.47 Å². The molecule has 0 aliphatic carbocycles.